The van der Waals surface area contributed by atoms with Crippen LogP contribution in [0.5, 0.6) is 5.75 Å². The van der Waals surface area contributed by atoms with Crippen LogP contribution < -0.4 is 15.4 Å². The molecule has 5 nitrogen and oxygen atoms in total. The van der Waals surface area contributed by atoms with E-state index in [0.29, 0.717) is 17.1 Å². The van der Waals surface area contributed by atoms with Gasteiger partial charge in [-0.2, -0.15) is 0 Å². The third-order valence-corrected chi connectivity index (χ3v) is 7.10. The highest BCUT2D eigenvalue weighted by Crippen LogP contribution is 2.62. The fraction of sp³-hybridized carbons (Fsp3) is 0.545. The Morgan fingerprint density at radius 3 is 2.52 bits per heavy atom. The first-order valence-electron chi connectivity index (χ1n) is 10.1. The van der Waals surface area contributed by atoms with Crippen LogP contribution in [0.15, 0.2) is 29.8 Å². The molecule has 2 N–H and O–H groups in total. The minimum atomic E-state index is -0.177. The van der Waals surface area contributed by atoms with Crippen molar-refractivity contribution >= 4 is 23.2 Å². The van der Waals surface area contributed by atoms with Crippen LogP contribution in [-0.2, 0) is 9.59 Å². The SMILES string of the molecule is C/C(=C/C(=O)Nc1ccc2c(c1)NC(=O)CO2)C12CC3CC(CC(C3)C1)C2. The van der Waals surface area contributed by atoms with E-state index in [1.54, 1.807) is 12.1 Å². The fourth-order valence-corrected chi connectivity index (χ4v) is 6.28. The van der Waals surface area contributed by atoms with Gasteiger partial charge in [0.1, 0.15) is 5.75 Å². The Kier molecular flexibility index (Phi) is 3.81. The third-order valence-electron chi connectivity index (χ3n) is 7.10. The van der Waals surface area contributed by atoms with Crippen molar-refractivity contribution in [2.75, 3.05) is 17.2 Å². The Balaban J connectivity index is 1.32. The van der Waals surface area contributed by atoms with Gasteiger partial charge in [0.2, 0.25) is 5.91 Å². The van der Waals surface area contributed by atoms with Gasteiger partial charge in [-0.15, -0.1) is 0 Å². The normalized spacial score (nSPS) is 33.9. The van der Waals surface area contributed by atoms with Crippen LogP contribution in [0.1, 0.15) is 45.4 Å². The zero-order valence-corrected chi connectivity index (χ0v) is 15.7. The lowest BCUT2D eigenvalue weighted by Gasteiger charge is -2.57. The van der Waals surface area contributed by atoms with Gasteiger partial charge >= 0.3 is 0 Å². The van der Waals surface area contributed by atoms with Gasteiger partial charge in [-0.05, 0) is 86.8 Å². The average Bonchev–Trinajstić information content (AvgIpc) is 2.60. The third kappa shape index (κ3) is 3.03. The van der Waals surface area contributed by atoms with E-state index < -0.39 is 0 Å². The first kappa shape index (κ1) is 16.8. The Morgan fingerprint density at radius 1 is 1.19 bits per heavy atom. The summed E-state index contributed by atoms with van der Waals surface area (Å²) in [6.07, 6.45) is 9.80. The van der Waals surface area contributed by atoms with Crippen molar-refractivity contribution in [2.24, 2.45) is 23.2 Å². The van der Waals surface area contributed by atoms with E-state index in [2.05, 4.69) is 17.6 Å². The maximum absolute atomic E-state index is 12.6. The summed E-state index contributed by atoms with van der Waals surface area (Å²) in [5.74, 6) is 2.97. The molecule has 0 saturated heterocycles. The standard InChI is InChI=1S/C22H26N2O3/c1-13(22-9-14-5-15(10-22)7-16(6-14)11-22)4-20(25)23-17-2-3-19-18(8-17)24-21(26)12-27-19/h2-4,8,14-16H,5-7,9-12H2,1H3,(H,23,25)(H,24,26)/b13-4-. The van der Waals surface area contributed by atoms with Crippen LogP contribution in [0.4, 0.5) is 11.4 Å². The van der Waals surface area contributed by atoms with Gasteiger partial charge in [-0.3, -0.25) is 9.59 Å². The molecule has 1 heterocycles. The van der Waals surface area contributed by atoms with Crippen LogP contribution in [0, 0.1) is 23.2 Å². The number of nitrogens with one attached hydrogen (secondary N) is 2. The first-order valence-corrected chi connectivity index (χ1v) is 10.1. The Labute approximate surface area is 159 Å². The second-order valence-electron chi connectivity index (χ2n) is 9.06. The molecular formula is C22H26N2O3. The summed E-state index contributed by atoms with van der Waals surface area (Å²) in [7, 11) is 0. The monoisotopic (exact) mass is 366 g/mol. The van der Waals surface area contributed by atoms with Gasteiger partial charge in [0.05, 0.1) is 5.69 Å². The number of rotatable bonds is 3. The zero-order chi connectivity index (χ0) is 18.6. The fourth-order valence-electron chi connectivity index (χ4n) is 6.28. The molecule has 1 aliphatic heterocycles. The molecule has 142 valence electrons. The highest BCUT2D eigenvalue weighted by atomic mass is 16.5. The highest BCUT2D eigenvalue weighted by molar-refractivity contribution is 6.01. The maximum atomic E-state index is 12.6. The summed E-state index contributed by atoms with van der Waals surface area (Å²) >= 11 is 0. The molecule has 1 aromatic rings. The van der Waals surface area contributed by atoms with Crippen LogP contribution in [0.25, 0.3) is 0 Å². The van der Waals surface area contributed by atoms with Gasteiger partial charge in [-0.25, -0.2) is 0 Å². The lowest BCUT2D eigenvalue weighted by Crippen LogP contribution is -2.46. The lowest BCUT2D eigenvalue weighted by molar-refractivity contribution is -0.118. The van der Waals surface area contributed by atoms with Gasteiger partial charge in [0, 0.05) is 11.8 Å². The van der Waals surface area contributed by atoms with E-state index in [0.717, 1.165) is 17.8 Å². The van der Waals surface area contributed by atoms with Crippen molar-refractivity contribution < 1.29 is 14.3 Å². The van der Waals surface area contributed by atoms with Crippen LogP contribution in [0.3, 0.4) is 0 Å². The van der Waals surface area contributed by atoms with E-state index >= 15 is 0 Å². The predicted octanol–water partition coefficient (Wildman–Crippen LogP) is 4.12. The van der Waals surface area contributed by atoms with Gasteiger partial charge in [0.25, 0.3) is 5.91 Å². The Morgan fingerprint density at radius 2 is 1.85 bits per heavy atom. The Bertz CT molecular complexity index is 807. The number of fused-ring (bicyclic) bond motifs is 1. The van der Waals surface area contributed by atoms with E-state index in [4.69, 9.17) is 4.74 Å². The summed E-state index contributed by atoms with van der Waals surface area (Å²) in [5, 5.41) is 5.72. The molecule has 0 aromatic heterocycles. The Hall–Kier alpha value is -2.30. The summed E-state index contributed by atoms with van der Waals surface area (Å²) in [5.41, 5.74) is 2.77. The van der Waals surface area contributed by atoms with Crippen LogP contribution >= 0.6 is 0 Å². The van der Waals surface area contributed by atoms with Crippen molar-refractivity contribution in [3.05, 3.63) is 29.8 Å². The number of hydrogen-bond acceptors (Lipinski definition) is 3. The minimum Gasteiger partial charge on any atom is -0.482 e. The number of benzene rings is 1. The molecular weight excluding hydrogens is 340 g/mol. The van der Waals surface area contributed by atoms with Crippen molar-refractivity contribution in [1.82, 2.24) is 0 Å². The summed E-state index contributed by atoms with van der Waals surface area (Å²) in [4.78, 5) is 24.1. The quantitative estimate of drug-likeness (QED) is 0.791. The molecule has 4 bridgehead atoms. The van der Waals surface area contributed by atoms with Gasteiger partial charge < -0.3 is 15.4 Å². The molecule has 27 heavy (non-hydrogen) atoms. The molecule has 1 aromatic carbocycles. The minimum absolute atomic E-state index is 0.0334. The number of anilines is 2. The van der Waals surface area contributed by atoms with E-state index in [9.17, 15) is 9.59 Å². The molecule has 4 aliphatic carbocycles. The molecule has 0 unspecified atom stereocenters. The lowest BCUT2D eigenvalue weighted by atomic mass is 9.48. The second-order valence-corrected chi connectivity index (χ2v) is 9.06. The van der Waals surface area contributed by atoms with Gasteiger partial charge in [0.15, 0.2) is 6.61 Å². The van der Waals surface area contributed by atoms with Crippen molar-refractivity contribution in [1.29, 1.82) is 0 Å². The number of carbonyl (C=O) groups excluding carboxylic acids is 2. The number of allylic oxidation sites excluding steroid dienone is 1. The molecule has 4 fully saturated rings. The summed E-state index contributed by atoms with van der Waals surface area (Å²) in [6.45, 7) is 2.18. The largest absolute Gasteiger partial charge is 0.482 e. The summed E-state index contributed by atoms with van der Waals surface area (Å²) < 4.78 is 5.36. The molecule has 6 rings (SSSR count). The smallest absolute Gasteiger partial charge is 0.262 e. The molecule has 0 atom stereocenters. The van der Waals surface area contributed by atoms with E-state index in [-0.39, 0.29) is 23.8 Å². The number of amides is 2. The summed E-state index contributed by atoms with van der Waals surface area (Å²) in [6, 6.07) is 5.33. The number of hydrogen-bond donors (Lipinski definition) is 2. The van der Waals surface area contributed by atoms with Crippen LogP contribution in [-0.4, -0.2) is 18.4 Å². The average molecular weight is 366 g/mol. The zero-order valence-electron chi connectivity index (χ0n) is 15.7. The molecule has 0 spiro atoms. The molecule has 5 heteroatoms. The van der Waals surface area contributed by atoms with Gasteiger partial charge in [-0.1, -0.05) is 5.57 Å². The highest BCUT2D eigenvalue weighted by Gasteiger charge is 2.51. The van der Waals surface area contributed by atoms with E-state index in [1.807, 2.05) is 12.1 Å². The molecule has 4 saturated carbocycles. The number of ether oxygens (including phenoxy) is 1. The predicted molar refractivity (Wildman–Crippen MR) is 104 cm³/mol. The van der Waals surface area contributed by atoms with Crippen molar-refractivity contribution in [3.63, 3.8) is 0 Å². The molecule has 5 aliphatic rings. The van der Waals surface area contributed by atoms with Crippen LogP contribution in [0.2, 0.25) is 0 Å². The molecule has 0 radical (unpaired) electrons. The first-order chi connectivity index (χ1) is 13.0. The van der Waals surface area contributed by atoms with E-state index in [1.165, 1.54) is 44.1 Å². The van der Waals surface area contributed by atoms with Crippen molar-refractivity contribution in [3.8, 4) is 5.75 Å². The second kappa shape index (κ2) is 6.11. The molecule has 2 amide bonds. The number of carbonyl (C=O) groups is 2. The topological polar surface area (TPSA) is 67.4 Å². The maximum Gasteiger partial charge on any atom is 0.262 e. The van der Waals surface area contributed by atoms with Crippen molar-refractivity contribution in [2.45, 2.75) is 45.4 Å².